The third-order valence-corrected chi connectivity index (χ3v) is 13.6. The third kappa shape index (κ3) is 7.13. The number of rotatable bonds is 8. The van der Waals surface area contributed by atoms with Gasteiger partial charge in [0.1, 0.15) is 11.6 Å². The Labute approximate surface area is 349 Å². The van der Waals surface area contributed by atoms with Gasteiger partial charge in [0, 0.05) is 54.3 Å². The number of benzene rings is 6. The fraction of sp³-hybridized carbons (Fsp3) is 0.250. The number of fused-ring (bicyclic) bond motifs is 3. The first-order valence-electron chi connectivity index (χ1n) is 20.0. The molecule has 0 unspecified atom stereocenters. The molecule has 2 fully saturated rings. The summed E-state index contributed by atoms with van der Waals surface area (Å²) in [5, 5.41) is 2.17. The summed E-state index contributed by atoms with van der Waals surface area (Å²) in [6.45, 7) is 16.4. The van der Waals surface area contributed by atoms with Crippen LogP contribution in [0.4, 0.5) is 42.9 Å². The minimum absolute atomic E-state index is 0.301. The molecular formula is C48H46B2F2N2O4S. The lowest BCUT2D eigenvalue weighted by Gasteiger charge is -2.32. The highest BCUT2D eigenvalue weighted by atomic mass is 32.1. The molecule has 2 aliphatic rings. The van der Waals surface area contributed by atoms with Crippen molar-refractivity contribution in [2.45, 2.75) is 77.8 Å². The minimum Gasteiger partial charge on any atom is -0.399 e. The third-order valence-electron chi connectivity index (χ3n) is 12.5. The second-order valence-electron chi connectivity index (χ2n) is 17.4. The lowest BCUT2D eigenvalue weighted by molar-refractivity contribution is 0.00578. The van der Waals surface area contributed by atoms with Crippen LogP contribution in [0.3, 0.4) is 0 Å². The van der Waals surface area contributed by atoms with Gasteiger partial charge in [-0.2, -0.15) is 0 Å². The molecule has 11 heteroatoms. The van der Waals surface area contributed by atoms with E-state index in [1.807, 2.05) is 79.7 Å². The van der Waals surface area contributed by atoms with Crippen LogP contribution in [0, 0.1) is 11.6 Å². The van der Waals surface area contributed by atoms with E-state index >= 15 is 0 Å². The van der Waals surface area contributed by atoms with E-state index in [0.29, 0.717) is 0 Å². The summed E-state index contributed by atoms with van der Waals surface area (Å²) in [4.78, 5) is 4.26. The number of hydrogen-bond acceptors (Lipinski definition) is 7. The summed E-state index contributed by atoms with van der Waals surface area (Å²) in [5.74, 6) is -0.602. The molecule has 2 aliphatic heterocycles. The molecule has 6 nitrogen and oxygen atoms in total. The molecule has 3 heterocycles. The average molecular weight is 807 g/mol. The molecule has 9 rings (SSSR count). The summed E-state index contributed by atoms with van der Waals surface area (Å²) in [7, 11) is -0.975. The molecule has 0 aliphatic carbocycles. The monoisotopic (exact) mass is 806 g/mol. The Morgan fingerprint density at radius 2 is 0.661 bits per heavy atom. The van der Waals surface area contributed by atoms with Crippen LogP contribution in [-0.2, 0) is 18.6 Å². The zero-order valence-corrected chi connectivity index (χ0v) is 35.4. The van der Waals surface area contributed by atoms with Crippen LogP contribution in [0.1, 0.15) is 55.4 Å². The number of hydrogen-bond donors (Lipinski definition) is 0. The fourth-order valence-corrected chi connectivity index (χ4v) is 8.69. The Bertz CT molecular complexity index is 2450. The molecular weight excluding hydrogens is 760 g/mol. The molecule has 0 spiro atoms. The van der Waals surface area contributed by atoms with Crippen molar-refractivity contribution in [2.24, 2.45) is 0 Å². The maximum Gasteiger partial charge on any atom is 0.494 e. The summed E-state index contributed by atoms with van der Waals surface area (Å²) < 4.78 is 56.2. The molecule has 7 aromatic rings. The van der Waals surface area contributed by atoms with Crippen LogP contribution in [0.2, 0.25) is 0 Å². The van der Waals surface area contributed by atoms with E-state index in [4.69, 9.17) is 18.6 Å². The first-order chi connectivity index (χ1) is 28.0. The summed E-state index contributed by atoms with van der Waals surface area (Å²) >= 11 is 1.73. The Balaban J connectivity index is 1.10. The molecule has 0 atom stereocenters. The van der Waals surface area contributed by atoms with E-state index in [2.05, 4.69) is 70.5 Å². The zero-order valence-electron chi connectivity index (χ0n) is 34.5. The number of halogens is 2. The topological polar surface area (TPSA) is 43.4 Å². The zero-order chi connectivity index (χ0) is 41.5. The van der Waals surface area contributed by atoms with Crippen molar-refractivity contribution >= 4 is 90.8 Å². The van der Waals surface area contributed by atoms with Crippen LogP contribution in [0.25, 0.3) is 20.2 Å². The van der Waals surface area contributed by atoms with Crippen molar-refractivity contribution in [3.05, 3.63) is 145 Å². The van der Waals surface area contributed by atoms with Gasteiger partial charge in [-0.3, -0.25) is 0 Å². The largest absolute Gasteiger partial charge is 0.494 e. The fourth-order valence-electron chi connectivity index (χ4n) is 7.63. The normalized spacial score (nSPS) is 17.9. The van der Waals surface area contributed by atoms with Gasteiger partial charge >= 0.3 is 14.2 Å². The maximum absolute atomic E-state index is 14.3. The van der Waals surface area contributed by atoms with E-state index in [9.17, 15) is 8.78 Å². The van der Waals surface area contributed by atoms with Crippen molar-refractivity contribution < 1.29 is 27.4 Å². The second-order valence-corrected chi connectivity index (χ2v) is 18.5. The van der Waals surface area contributed by atoms with Gasteiger partial charge < -0.3 is 28.4 Å². The van der Waals surface area contributed by atoms with E-state index in [1.165, 1.54) is 24.3 Å². The van der Waals surface area contributed by atoms with Gasteiger partial charge in [-0.1, -0.05) is 24.3 Å². The molecule has 0 saturated carbocycles. The lowest BCUT2D eigenvalue weighted by Crippen LogP contribution is -2.41. The van der Waals surface area contributed by atoms with Crippen LogP contribution in [-0.4, -0.2) is 36.6 Å². The number of anilines is 6. The lowest BCUT2D eigenvalue weighted by atomic mass is 9.79. The molecule has 2 saturated heterocycles. The molecule has 298 valence electrons. The SMILES string of the molecule is CC1(C)OB(c2ccc(N(c3ccc(F)cc3)c3ccc4sc5ccc(N(c6ccc(F)cc6)c6ccc(B7OC(C)(C)C(C)(C)O7)cc6)cc5c4c3)cc2)OC1(C)C. The van der Waals surface area contributed by atoms with Crippen LogP contribution in [0.15, 0.2) is 133 Å². The van der Waals surface area contributed by atoms with Crippen LogP contribution < -0.4 is 20.7 Å². The van der Waals surface area contributed by atoms with Gasteiger partial charge in [0.2, 0.25) is 0 Å². The van der Waals surface area contributed by atoms with Crippen molar-refractivity contribution in [3.8, 4) is 0 Å². The van der Waals surface area contributed by atoms with Crippen molar-refractivity contribution in [2.75, 3.05) is 9.80 Å². The second kappa shape index (κ2) is 14.3. The van der Waals surface area contributed by atoms with E-state index in [1.54, 1.807) is 35.6 Å². The molecule has 0 radical (unpaired) electrons. The van der Waals surface area contributed by atoms with Crippen molar-refractivity contribution in [1.82, 2.24) is 0 Å². The Morgan fingerprint density at radius 3 is 0.966 bits per heavy atom. The number of nitrogens with zero attached hydrogens (tertiary/aromatic N) is 2. The molecule has 0 N–H and O–H groups in total. The highest BCUT2D eigenvalue weighted by Gasteiger charge is 2.52. The highest BCUT2D eigenvalue weighted by molar-refractivity contribution is 7.25. The van der Waals surface area contributed by atoms with Crippen LogP contribution in [0.5, 0.6) is 0 Å². The molecule has 59 heavy (non-hydrogen) atoms. The quantitative estimate of drug-likeness (QED) is 0.143. The Kier molecular flexibility index (Phi) is 9.57. The predicted octanol–water partition coefficient (Wildman–Crippen LogP) is 11.9. The van der Waals surface area contributed by atoms with E-state index in [-0.39, 0.29) is 11.6 Å². The first-order valence-corrected chi connectivity index (χ1v) is 20.8. The van der Waals surface area contributed by atoms with Crippen LogP contribution >= 0.6 is 11.3 Å². The van der Waals surface area contributed by atoms with Crippen molar-refractivity contribution in [1.29, 1.82) is 0 Å². The van der Waals surface area contributed by atoms with Crippen molar-refractivity contribution in [3.63, 3.8) is 0 Å². The summed E-state index contributed by atoms with van der Waals surface area (Å²) in [6, 6.07) is 42.4. The van der Waals surface area contributed by atoms with Gasteiger partial charge in [0.15, 0.2) is 0 Å². The standard InChI is InChI=1S/C48H46B2F2N2O4S/c1-45(2)46(3,4)56-49(55-45)31-9-17-35(18-10-31)53(37-21-13-33(51)14-22-37)39-25-27-43-41(29-39)42-30-40(26-28-44(42)59-43)54(38-23-15-34(52)16-24-38)36-19-11-32(12-20-36)50-57-47(5,6)48(7,8)58-50/h9-30H,1-8H3. The smallest absolute Gasteiger partial charge is 0.399 e. The van der Waals surface area contributed by atoms with Gasteiger partial charge in [-0.05, 0) is 176 Å². The Morgan fingerprint density at radius 1 is 0.390 bits per heavy atom. The highest BCUT2D eigenvalue weighted by Crippen LogP contribution is 2.44. The molecule has 6 aromatic carbocycles. The number of thiophene rings is 1. The minimum atomic E-state index is -0.487. The predicted molar refractivity (Wildman–Crippen MR) is 240 cm³/mol. The van der Waals surface area contributed by atoms with E-state index < -0.39 is 36.6 Å². The van der Waals surface area contributed by atoms with Gasteiger partial charge in [0.05, 0.1) is 22.4 Å². The maximum atomic E-state index is 14.3. The molecule has 1 aromatic heterocycles. The van der Waals surface area contributed by atoms with Gasteiger partial charge in [-0.15, -0.1) is 11.3 Å². The average Bonchev–Trinajstić information content (AvgIpc) is 3.76. The summed E-state index contributed by atoms with van der Waals surface area (Å²) in [6.07, 6.45) is 0. The van der Waals surface area contributed by atoms with E-state index in [0.717, 1.165) is 65.2 Å². The van der Waals surface area contributed by atoms with Gasteiger partial charge in [0.25, 0.3) is 0 Å². The Hall–Kier alpha value is -5.03. The molecule has 0 amide bonds. The van der Waals surface area contributed by atoms with Gasteiger partial charge in [-0.25, -0.2) is 8.78 Å². The summed E-state index contributed by atoms with van der Waals surface area (Å²) in [5.41, 5.74) is 5.33. The molecule has 0 bridgehead atoms. The first kappa shape index (κ1) is 39.4.